The Balaban J connectivity index is 2.18. The van der Waals surface area contributed by atoms with Crippen LogP contribution in [0, 0.1) is 16.0 Å². The van der Waals surface area contributed by atoms with Crippen LogP contribution in [0.4, 0.5) is 5.69 Å². The van der Waals surface area contributed by atoms with Crippen LogP contribution in [0.5, 0.6) is 0 Å². The Morgan fingerprint density at radius 2 is 2.22 bits per heavy atom. The molecule has 1 aromatic carbocycles. The molecular weight excluding hydrogens is 238 g/mol. The number of aromatic carboxylic acids is 1. The summed E-state index contributed by atoms with van der Waals surface area (Å²) in [5.74, 6) is -0.732. The van der Waals surface area contributed by atoms with Crippen LogP contribution in [-0.2, 0) is 11.3 Å². The molecule has 18 heavy (non-hydrogen) atoms. The summed E-state index contributed by atoms with van der Waals surface area (Å²) in [4.78, 5) is 21.2. The Morgan fingerprint density at radius 1 is 1.50 bits per heavy atom. The zero-order chi connectivity index (χ0) is 13.1. The third-order valence-electron chi connectivity index (χ3n) is 2.85. The zero-order valence-electron chi connectivity index (χ0n) is 9.67. The molecule has 0 heterocycles. The molecule has 0 bridgehead atoms. The van der Waals surface area contributed by atoms with Crippen molar-refractivity contribution in [3.63, 3.8) is 0 Å². The van der Waals surface area contributed by atoms with Crippen LogP contribution in [0.1, 0.15) is 28.8 Å². The van der Waals surface area contributed by atoms with Gasteiger partial charge < -0.3 is 9.84 Å². The molecule has 0 aromatic heterocycles. The van der Waals surface area contributed by atoms with Crippen molar-refractivity contribution < 1.29 is 19.6 Å². The van der Waals surface area contributed by atoms with Crippen molar-refractivity contribution in [1.29, 1.82) is 0 Å². The highest BCUT2D eigenvalue weighted by Gasteiger charge is 2.25. The number of ether oxygens (including phenoxy) is 1. The monoisotopic (exact) mass is 251 g/mol. The number of nitrogens with zero attached hydrogens (tertiary/aromatic N) is 1. The molecule has 1 saturated carbocycles. The molecule has 0 spiro atoms. The fourth-order valence-electron chi connectivity index (χ4n) is 1.73. The highest BCUT2D eigenvalue weighted by Crippen LogP contribution is 2.29. The van der Waals surface area contributed by atoms with Crippen molar-refractivity contribution in [3.05, 3.63) is 39.4 Å². The molecule has 1 aliphatic rings. The summed E-state index contributed by atoms with van der Waals surface area (Å²) in [5.41, 5.74) is -0.328. The first kappa shape index (κ1) is 12.5. The topological polar surface area (TPSA) is 89.7 Å². The first-order chi connectivity index (χ1) is 8.59. The Hall–Kier alpha value is -1.95. The van der Waals surface area contributed by atoms with Gasteiger partial charge in [0.1, 0.15) is 5.56 Å². The summed E-state index contributed by atoms with van der Waals surface area (Å²) in [6.07, 6.45) is 2.28. The van der Waals surface area contributed by atoms with Gasteiger partial charge in [-0.15, -0.1) is 0 Å². The Bertz CT molecular complexity index is 481. The quantitative estimate of drug-likeness (QED) is 0.618. The molecule has 6 nitrogen and oxygen atoms in total. The van der Waals surface area contributed by atoms with Crippen molar-refractivity contribution in [2.75, 3.05) is 6.61 Å². The maximum Gasteiger partial charge on any atom is 0.343 e. The third kappa shape index (κ3) is 2.84. The number of benzene rings is 1. The minimum atomic E-state index is -1.30. The number of nitro benzene ring substituents is 1. The number of rotatable bonds is 6. The summed E-state index contributed by atoms with van der Waals surface area (Å²) in [6, 6.07) is 4.21. The number of nitro groups is 1. The van der Waals surface area contributed by atoms with Crippen LogP contribution in [0.25, 0.3) is 0 Å². The third-order valence-corrected chi connectivity index (χ3v) is 2.85. The number of carbonyl (C=O) groups is 1. The van der Waals surface area contributed by atoms with Gasteiger partial charge in [0.25, 0.3) is 5.69 Å². The minimum absolute atomic E-state index is 0.0970. The average Bonchev–Trinajstić information content (AvgIpc) is 3.12. The van der Waals surface area contributed by atoms with Crippen molar-refractivity contribution in [1.82, 2.24) is 0 Å². The maximum atomic E-state index is 11.1. The van der Waals surface area contributed by atoms with Crippen molar-refractivity contribution in [3.8, 4) is 0 Å². The van der Waals surface area contributed by atoms with Crippen LogP contribution in [0.2, 0.25) is 0 Å². The molecule has 0 saturated heterocycles. The van der Waals surface area contributed by atoms with Gasteiger partial charge in [-0.05, 0) is 24.3 Å². The number of hydrogen-bond acceptors (Lipinski definition) is 4. The molecule has 0 radical (unpaired) electrons. The van der Waals surface area contributed by atoms with Crippen molar-refractivity contribution >= 4 is 11.7 Å². The second kappa shape index (κ2) is 5.14. The van der Waals surface area contributed by atoms with E-state index in [2.05, 4.69) is 0 Å². The molecule has 1 fully saturated rings. The predicted octanol–water partition coefficient (Wildman–Crippen LogP) is 2.22. The minimum Gasteiger partial charge on any atom is -0.477 e. The second-order valence-corrected chi connectivity index (χ2v) is 4.33. The Kier molecular flexibility index (Phi) is 3.57. The molecule has 0 aliphatic heterocycles. The number of carboxylic acid groups (broad SMARTS) is 1. The van der Waals surface area contributed by atoms with Gasteiger partial charge in [0.15, 0.2) is 0 Å². The van der Waals surface area contributed by atoms with E-state index in [1.807, 2.05) is 0 Å². The van der Waals surface area contributed by atoms with Gasteiger partial charge >= 0.3 is 5.97 Å². The predicted molar refractivity (Wildman–Crippen MR) is 62.4 cm³/mol. The molecule has 1 aromatic rings. The average molecular weight is 251 g/mol. The van der Waals surface area contributed by atoms with Gasteiger partial charge in [-0.25, -0.2) is 4.79 Å². The second-order valence-electron chi connectivity index (χ2n) is 4.33. The zero-order valence-corrected chi connectivity index (χ0v) is 9.67. The molecule has 6 heteroatoms. The molecule has 0 atom stereocenters. The normalized spacial score (nSPS) is 14.4. The molecule has 1 N–H and O–H groups in total. The smallest absolute Gasteiger partial charge is 0.343 e. The van der Waals surface area contributed by atoms with Gasteiger partial charge in [-0.1, -0.05) is 12.1 Å². The molecule has 0 unspecified atom stereocenters. The van der Waals surface area contributed by atoms with Crippen LogP contribution < -0.4 is 0 Å². The SMILES string of the molecule is O=C(O)c1c(COCC2CC2)cccc1[N+](=O)[O-]. The summed E-state index contributed by atoms with van der Waals surface area (Å²) >= 11 is 0. The summed E-state index contributed by atoms with van der Waals surface area (Å²) in [6.45, 7) is 0.682. The van der Waals surface area contributed by atoms with Crippen LogP contribution in [0.3, 0.4) is 0 Å². The lowest BCUT2D eigenvalue weighted by Crippen LogP contribution is -2.08. The summed E-state index contributed by atoms with van der Waals surface area (Å²) in [7, 11) is 0. The lowest BCUT2D eigenvalue weighted by Gasteiger charge is -2.07. The van der Waals surface area contributed by atoms with Crippen LogP contribution >= 0.6 is 0 Å². The maximum absolute atomic E-state index is 11.1. The van der Waals surface area contributed by atoms with Crippen LogP contribution in [0.15, 0.2) is 18.2 Å². The molecular formula is C12H13NO5. The largest absolute Gasteiger partial charge is 0.477 e. The molecule has 0 amide bonds. The fourth-order valence-corrected chi connectivity index (χ4v) is 1.73. The Labute approximate surface area is 103 Å². The molecule has 96 valence electrons. The van der Waals surface area contributed by atoms with Gasteiger partial charge in [-0.2, -0.15) is 0 Å². The van der Waals surface area contributed by atoms with Gasteiger partial charge in [0.05, 0.1) is 11.5 Å². The van der Waals surface area contributed by atoms with Gasteiger partial charge in [0.2, 0.25) is 0 Å². The van der Waals surface area contributed by atoms with Crippen LogP contribution in [-0.4, -0.2) is 22.6 Å². The first-order valence-electron chi connectivity index (χ1n) is 5.67. The summed E-state index contributed by atoms with van der Waals surface area (Å²) in [5, 5.41) is 19.8. The van der Waals surface area contributed by atoms with E-state index in [-0.39, 0.29) is 12.2 Å². The van der Waals surface area contributed by atoms with E-state index in [1.54, 1.807) is 6.07 Å². The summed E-state index contributed by atoms with van der Waals surface area (Å²) < 4.78 is 5.38. The molecule has 1 aliphatic carbocycles. The lowest BCUT2D eigenvalue weighted by molar-refractivity contribution is -0.385. The van der Waals surface area contributed by atoms with E-state index in [0.29, 0.717) is 18.1 Å². The van der Waals surface area contributed by atoms with Gasteiger partial charge in [0, 0.05) is 12.7 Å². The first-order valence-corrected chi connectivity index (χ1v) is 5.67. The Morgan fingerprint density at radius 3 is 2.78 bits per heavy atom. The number of carboxylic acids is 1. The van der Waals surface area contributed by atoms with E-state index in [1.165, 1.54) is 12.1 Å². The van der Waals surface area contributed by atoms with E-state index >= 15 is 0 Å². The number of hydrogen-bond donors (Lipinski definition) is 1. The standard InChI is InChI=1S/C12H13NO5/c14-12(15)11-9(7-18-6-8-4-5-8)2-1-3-10(11)13(16)17/h1-3,8H,4-7H2,(H,14,15). The molecule has 2 rings (SSSR count). The van der Waals surface area contributed by atoms with Crippen molar-refractivity contribution in [2.24, 2.45) is 5.92 Å². The van der Waals surface area contributed by atoms with E-state index in [0.717, 1.165) is 12.8 Å². The van der Waals surface area contributed by atoms with Gasteiger partial charge in [-0.3, -0.25) is 10.1 Å². The van der Waals surface area contributed by atoms with E-state index in [9.17, 15) is 14.9 Å². The fraction of sp³-hybridized carbons (Fsp3) is 0.417. The lowest BCUT2D eigenvalue weighted by atomic mass is 10.1. The highest BCUT2D eigenvalue weighted by atomic mass is 16.6. The van der Waals surface area contributed by atoms with Crippen molar-refractivity contribution in [2.45, 2.75) is 19.4 Å². The van der Waals surface area contributed by atoms with E-state index in [4.69, 9.17) is 9.84 Å². The highest BCUT2D eigenvalue weighted by molar-refractivity contribution is 5.94. The van der Waals surface area contributed by atoms with E-state index < -0.39 is 16.6 Å².